The number of aromatic nitrogens is 2. The molecule has 0 unspecified atom stereocenters. The number of rotatable bonds is 8. The SMILES string of the molecule is C=CCN(Cc1nc(-c2ccc(OC)c(OC)c2)no1)C(=O)c1cc(C)ccc1C. The number of hydrogen-bond acceptors (Lipinski definition) is 6. The molecule has 0 saturated heterocycles. The Kier molecular flexibility index (Phi) is 6.51. The second-order valence-corrected chi connectivity index (χ2v) is 6.87. The Labute approximate surface area is 175 Å². The number of hydrogen-bond donors (Lipinski definition) is 0. The Hall–Kier alpha value is -3.61. The summed E-state index contributed by atoms with van der Waals surface area (Å²) in [4.78, 5) is 19.2. The molecule has 1 heterocycles. The first-order valence-electron chi connectivity index (χ1n) is 9.49. The van der Waals surface area contributed by atoms with E-state index < -0.39 is 0 Å². The van der Waals surface area contributed by atoms with E-state index in [0.717, 1.165) is 16.7 Å². The van der Waals surface area contributed by atoms with Crippen LogP contribution in [0.5, 0.6) is 11.5 Å². The molecular formula is C23H25N3O4. The van der Waals surface area contributed by atoms with Crippen molar-refractivity contribution < 1.29 is 18.8 Å². The fraction of sp³-hybridized carbons (Fsp3) is 0.261. The van der Waals surface area contributed by atoms with Gasteiger partial charge in [0, 0.05) is 17.7 Å². The lowest BCUT2D eigenvalue weighted by atomic mass is 10.0. The third kappa shape index (κ3) is 4.51. The topological polar surface area (TPSA) is 77.7 Å². The second kappa shape index (κ2) is 9.26. The second-order valence-electron chi connectivity index (χ2n) is 6.87. The molecule has 3 aromatic rings. The number of carbonyl (C=O) groups excluding carboxylic acids is 1. The molecule has 3 rings (SSSR count). The van der Waals surface area contributed by atoms with E-state index in [1.807, 2.05) is 38.1 Å². The molecule has 0 fully saturated rings. The highest BCUT2D eigenvalue weighted by molar-refractivity contribution is 5.95. The first-order valence-corrected chi connectivity index (χ1v) is 9.49. The van der Waals surface area contributed by atoms with E-state index in [0.29, 0.717) is 35.3 Å². The lowest BCUT2D eigenvalue weighted by Gasteiger charge is -2.20. The maximum Gasteiger partial charge on any atom is 0.254 e. The summed E-state index contributed by atoms with van der Waals surface area (Å²) >= 11 is 0. The molecule has 30 heavy (non-hydrogen) atoms. The van der Waals surface area contributed by atoms with Crippen molar-refractivity contribution in [1.82, 2.24) is 15.0 Å². The molecule has 7 heteroatoms. The summed E-state index contributed by atoms with van der Waals surface area (Å²) in [7, 11) is 3.14. The minimum atomic E-state index is -0.109. The Morgan fingerprint density at radius 3 is 2.60 bits per heavy atom. The standard InChI is InChI=1S/C23H25N3O4/c1-6-11-26(23(27)18-12-15(2)7-8-16(18)3)14-21-24-22(25-30-21)17-9-10-19(28-4)20(13-17)29-5/h6-10,12-13H,1,11,14H2,2-5H3. The van der Waals surface area contributed by atoms with Gasteiger partial charge in [-0.2, -0.15) is 4.98 Å². The summed E-state index contributed by atoms with van der Waals surface area (Å²) in [6.45, 7) is 8.18. The molecule has 1 aromatic heterocycles. The molecule has 156 valence electrons. The molecule has 0 aliphatic carbocycles. The van der Waals surface area contributed by atoms with Gasteiger partial charge in [0.1, 0.15) is 6.54 Å². The number of aryl methyl sites for hydroxylation is 2. The Morgan fingerprint density at radius 2 is 1.90 bits per heavy atom. The van der Waals surface area contributed by atoms with Crippen molar-refractivity contribution in [2.75, 3.05) is 20.8 Å². The monoisotopic (exact) mass is 407 g/mol. The van der Waals surface area contributed by atoms with Crippen LogP contribution in [-0.2, 0) is 6.54 Å². The van der Waals surface area contributed by atoms with Crippen LogP contribution in [0.2, 0.25) is 0 Å². The summed E-state index contributed by atoms with van der Waals surface area (Å²) in [6, 6.07) is 11.2. The number of amides is 1. The smallest absolute Gasteiger partial charge is 0.254 e. The van der Waals surface area contributed by atoms with Crippen LogP contribution < -0.4 is 9.47 Å². The van der Waals surface area contributed by atoms with E-state index in [4.69, 9.17) is 14.0 Å². The lowest BCUT2D eigenvalue weighted by molar-refractivity contribution is 0.0744. The average molecular weight is 407 g/mol. The molecule has 0 aliphatic rings. The van der Waals surface area contributed by atoms with Gasteiger partial charge in [0.05, 0.1) is 14.2 Å². The molecule has 2 aromatic carbocycles. The van der Waals surface area contributed by atoms with Gasteiger partial charge in [-0.1, -0.05) is 28.9 Å². The van der Waals surface area contributed by atoms with Crippen molar-refractivity contribution >= 4 is 5.91 Å². The van der Waals surface area contributed by atoms with Crippen LogP contribution in [0.15, 0.2) is 53.6 Å². The number of benzene rings is 2. The molecule has 0 saturated carbocycles. The largest absolute Gasteiger partial charge is 0.493 e. The van der Waals surface area contributed by atoms with Crippen molar-refractivity contribution in [2.24, 2.45) is 0 Å². The lowest BCUT2D eigenvalue weighted by Crippen LogP contribution is -2.31. The highest BCUT2D eigenvalue weighted by Gasteiger charge is 2.20. The zero-order valence-electron chi connectivity index (χ0n) is 17.6. The van der Waals surface area contributed by atoms with E-state index >= 15 is 0 Å². The van der Waals surface area contributed by atoms with Gasteiger partial charge in [-0.05, 0) is 43.7 Å². The zero-order chi connectivity index (χ0) is 21.7. The summed E-state index contributed by atoms with van der Waals surface area (Å²) in [6.07, 6.45) is 1.68. The molecule has 0 bridgehead atoms. The third-order valence-corrected chi connectivity index (χ3v) is 4.70. The molecule has 0 radical (unpaired) electrons. The van der Waals surface area contributed by atoms with E-state index in [1.54, 1.807) is 37.3 Å². The predicted molar refractivity (Wildman–Crippen MR) is 114 cm³/mol. The molecule has 7 nitrogen and oxygen atoms in total. The predicted octanol–water partition coefficient (Wildman–Crippen LogP) is 4.20. The molecule has 0 N–H and O–H groups in total. The highest BCUT2D eigenvalue weighted by atomic mass is 16.5. The van der Waals surface area contributed by atoms with Gasteiger partial charge in [-0.3, -0.25) is 4.79 Å². The van der Waals surface area contributed by atoms with Crippen LogP contribution in [0.25, 0.3) is 11.4 Å². The van der Waals surface area contributed by atoms with Gasteiger partial charge in [0.25, 0.3) is 5.91 Å². The average Bonchev–Trinajstić information content (AvgIpc) is 3.22. The fourth-order valence-electron chi connectivity index (χ4n) is 3.09. The van der Waals surface area contributed by atoms with Crippen molar-refractivity contribution in [3.05, 3.63) is 71.6 Å². The van der Waals surface area contributed by atoms with E-state index in [2.05, 4.69) is 16.7 Å². The maximum atomic E-state index is 13.1. The first kappa shape index (κ1) is 21.1. The van der Waals surface area contributed by atoms with Gasteiger partial charge in [0.2, 0.25) is 11.7 Å². The number of ether oxygens (including phenoxy) is 2. The van der Waals surface area contributed by atoms with Crippen molar-refractivity contribution in [3.63, 3.8) is 0 Å². The Balaban J connectivity index is 1.84. The quantitative estimate of drug-likeness (QED) is 0.521. The molecular weight excluding hydrogens is 382 g/mol. The van der Waals surface area contributed by atoms with Crippen LogP contribution in [0, 0.1) is 13.8 Å². The summed E-state index contributed by atoms with van der Waals surface area (Å²) < 4.78 is 16.0. The summed E-state index contributed by atoms with van der Waals surface area (Å²) in [5.74, 6) is 1.81. The van der Waals surface area contributed by atoms with Crippen LogP contribution in [0.4, 0.5) is 0 Å². The number of methoxy groups -OCH3 is 2. The van der Waals surface area contributed by atoms with Gasteiger partial charge in [-0.25, -0.2) is 0 Å². The van der Waals surface area contributed by atoms with Crippen molar-refractivity contribution in [3.8, 4) is 22.9 Å². The van der Waals surface area contributed by atoms with E-state index in [-0.39, 0.29) is 12.5 Å². The third-order valence-electron chi connectivity index (χ3n) is 4.70. The molecule has 0 aliphatic heterocycles. The first-order chi connectivity index (χ1) is 14.5. The summed E-state index contributed by atoms with van der Waals surface area (Å²) in [5, 5.41) is 4.05. The van der Waals surface area contributed by atoms with Crippen molar-refractivity contribution in [1.29, 1.82) is 0 Å². The molecule has 1 amide bonds. The minimum Gasteiger partial charge on any atom is -0.493 e. The van der Waals surface area contributed by atoms with E-state index in [1.165, 1.54) is 0 Å². The molecule has 0 atom stereocenters. The fourth-order valence-corrected chi connectivity index (χ4v) is 3.09. The number of carbonyl (C=O) groups is 1. The normalized spacial score (nSPS) is 10.5. The number of nitrogens with zero attached hydrogens (tertiary/aromatic N) is 3. The zero-order valence-corrected chi connectivity index (χ0v) is 17.6. The van der Waals surface area contributed by atoms with Crippen LogP contribution in [0.3, 0.4) is 0 Å². The maximum absolute atomic E-state index is 13.1. The van der Waals surface area contributed by atoms with Gasteiger partial charge < -0.3 is 18.9 Å². The minimum absolute atomic E-state index is 0.109. The van der Waals surface area contributed by atoms with Crippen LogP contribution in [-0.4, -0.2) is 41.7 Å². The van der Waals surface area contributed by atoms with Gasteiger partial charge >= 0.3 is 0 Å². The van der Waals surface area contributed by atoms with E-state index in [9.17, 15) is 4.79 Å². The molecule has 0 spiro atoms. The van der Waals surface area contributed by atoms with Gasteiger partial charge in [0.15, 0.2) is 11.5 Å². The van der Waals surface area contributed by atoms with Gasteiger partial charge in [-0.15, -0.1) is 6.58 Å². The summed E-state index contributed by atoms with van der Waals surface area (Å²) in [5.41, 5.74) is 3.31. The highest BCUT2D eigenvalue weighted by Crippen LogP contribution is 2.31. The van der Waals surface area contributed by atoms with Crippen LogP contribution in [0.1, 0.15) is 27.4 Å². The van der Waals surface area contributed by atoms with Crippen LogP contribution >= 0.6 is 0 Å². The Morgan fingerprint density at radius 1 is 1.13 bits per heavy atom. The Bertz CT molecular complexity index is 1060. The van der Waals surface area contributed by atoms with Crippen molar-refractivity contribution in [2.45, 2.75) is 20.4 Å².